The molecular formula is C32H27FN4O2. The first-order chi connectivity index (χ1) is 18.9. The highest BCUT2D eigenvalue weighted by atomic mass is 19.1. The number of amides is 1. The van der Waals surface area contributed by atoms with E-state index in [1.807, 2.05) is 55.5 Å². The standard InChI is InChI=1S/C32H27FN4O2/c1-20-6-7-23(27(38)19-32(13-14-32)28-5-3-4-15-35-28)17-25(20)22-12-16-37-26(18-22)29(31(39)34-2)30(36-37)21-8-10-24(33)11-9-21/h3-12,15-18H,13-14,19H2,1-2H3,(H,34,39). The van der Waals surface area contributed by atoms with Crippen LogP contribution in [0.5, 0.6) is 0 Å². The first-order valence-corrected chi connectivity index (χ1v) is 12.9. The van der Waals surface area contributed by atoms with E-state index in [2.05, 4.69) is 15.4 Å². The third-order valence-electron chi connectivity index (χ3n) is 7.64. The highest BCUT2D eigenvalue weighted by Crippen LogP contribution is 2.50. The van der Waals surface area contributed by atoms with E-state index in [0.717, 1.165) is 35.2 Å². The summed E-state index contributed by atoms with van der Waals surface area (Å²) in [6, 6.07) is 21.4. The zero-order valence-corrected chi connectivity index (χ0v) is 21.7. The summed E-state index contributed by atoms with van der Waals surface area (Å²) in [5, 5.41) is 7.33. The van der Waals surface area contributed by atoms with Crippen LogP contribution in [0.25, 0.3) is 27.9 Å². The van der Waals surface area contributed by atoms with Crippen molar-refractivity contribution in [2.75, 3.05) is 7.05 Å². The molecule has 0 saturated heterocycles. The molecule has 1 amide bonds. The Labute approximate surface area is 225 Å². The molecule has 7 heteroatoms. The molecule has 6 rings (SSSR count). The first-order valence-electron chi connectivity index (χ1n) is 12.9. The lowest BCUT2D eigenvalue weighted by Gasteiger charge is -2.15. The number of Topliss-reactive ketones (excluding diaryl/α,β-unsaturated/α-hetero) is 1. The van der Waals surface area contributed by atoms with Crippen molar-refractivity contribution in [2.24, 2.45) is 0 Å². The molecule has 0 atom stereocenters. The number of aromatic nitrogens is 3. The number of nitrogens with one attached hydrogen (secondary N) is 1. The average Bonchev–Trinajstić information content (AvgIpc) is 3.65. The molecule has 3 heterocycles. The Balaban J connectivity index is 1.39. The molecular weight excluding hydrogens is 491 g/mol. The van der Waals surface area contributed by atoms with Gasteiger partial charge in [-0.1, -0.05) is 18.2 Å². The molecule has 0 bridgehead atoms. The van der Waals surface area contributed by atoms with Crippen LogP contribution in [0.2, 0.25) is 0 Å². The highest BCUT2D eigenvalue weighted by Gasteiger charge is 2.47. The van der Waals surface area contributed by atoms with Gasteiger partial charge in [0.05, 0.1) is 11.1 Å². The van der Waals surface area contributed by atoms with Crippen molar-refractivity contribution in [3.8, 4) is 22.4 Å². The number of fused-ring (bicyclic) bond motifs is 1. The highest BCUT2D eigenvalue weighted by molar-refractivity contribution is 6.07. The Hall–Kier alpha value is -4.65. The van der Waals surface area contributed by atoms with Gasteiger partial charge in [0.15, 0.2) is 5.78 Å². The van der Waals surface area contributed by atoms with Crippen LogP contribution in [0, 0.1) is 12.7 Å². The van der Waals surface area contributed by atoms with E-state index in [-0.39, 0.29) is 22.9 Å². The molecule has 1 aliphatic carbocycles. The van der Waals surface area contributed by atoms with E-state index in [0.29, 0.717) is 34.3 Å². The number of nitrogens with zero attached hydrogens (tertiary/aromatic N) is 3. The largest absolute Gasteiger partial charge is 0.355 e. The van der Waals surface area contributed by atoms with Gasteiger partial charge in [-0.2, -0.15) is 5.10 Å². The van der Waals surface area contributed by atoms with Gasteiger partial charge in [0.2, 0.25) is 0 Å². The molecule has 0 radical (unpaired) electrons. The number of carbonyl (C=O) groups is 2. The quantitative estimate of drug-likeness (QED) is 0.261. The zero-order chi connectivity index (χ0) is 27.1. The third-order valence-corrected chi connectivity index (χ3v) is 7.64. The number of pyridine rings is 2. The van der Waals surface area contributed by atoms with Crippen molar-refractivity contribution >= 4 is 17.2 Å². The molecule has 1 N–H and O–H groups in total. The van der Waals surface area contributed by atoms with Gasteiger partial charge in [-0.25, -0.2) is 8.91 Å². The molecule has 6 nitrogen and oxygen atoms in total. The molecule has 194 valence electrons. The molecule has 1 aliphatic rings. The van der Waals surface area contributed by atoms with Gasteiger partial charge in [0, 0.05) is 48.1 Å². The number of halogens is 1. The van der Waals surface area contributed by atoms with Crippen LogP contribution in [-0.2, 0) is 5.41 Å². The zero-order valence-electron chi connectivity index (χ0n) is 21.7. The van der Waals surface area contributed by atoms with Gasteiger partial charge in [-0.3, -0.25) is 14.6 Å². The molecule has 0 spiro atoms. The normalized spacial score (nSPS) is 13.8. The lowest BCUT2D eigenvalue weighted by atomic mass is 9.90. The van der Waals surface area contributed by atoms with E-state index in [4.69, 9.17) is 0 Å². The minimum atomic E-state index is -0.358. The van der Waals surface area contributed by atoms with Crippen molar-refractivity contribution in [2.45, 2.75) is 31.6 Å². The fourth-order valence-corrected chi connectivity index (χ4v) is 5.24. The van der Waals surface area contributed by atoms with E-state index >= 15 is 0 Å². The Kier molecular flexibility index (Phi) is 6.06. The predicted molar refractivity (Wildman–Crippen MR) is 148 cm³/mol. The van der Waals surface area contributed by atoms with Gasteiger partial charge in [0.1, 0.15) is 11.5 Å². The predicted octanol–water partition coefficient (Wildman–Crippen LogP) is 6.18. The van der Waals surface area contributed by atoms with Crippen LogP contribution in [0.15, 0.2) is 85.2 Å². The second kappa shape index (κ2) is 9.58. The SMILES string of the molecule is CNC(=O)c1c(-c2ccc(F)cc2)nn2ccc(-c3cc(C(=O)CC4(c5ccccn5)CC4)ccc3C)cc12. The molecule has 3 aromatic heterocycles. The average molecular weight is 519 g/mol. The molecule has 5 aromatic rings. The maximum atomic E-state index is 13.5. The Morgan fingerprint density at radius 3 is 2.49 bits per heavy atom. The first kappa shape index (κ1) is 24.7. The molecule has 39 heavy (non-hydrogen) atoms. The van der Waals surface area contributed by atoms with Gasteiger partial charge < -0.3 is 5.32 Å². The van der Waals surface area contributed by atoms with Crippen molar-refractivity contribution in [3.05, 3.63) is 113 Å². The summed E-state index contributed by atoms with van der Waals surface area (Å²) in [6.07, 6.45) is 5.94. The minimum absolute atomic E-state index is 0.0921. The van der Waals surface area contributed by atoms with Crippen molar-refractivity contribution in [1.82, 2.24) is 19.9 Å². The summed E-state index contributed by atoms with van der Waals surface area (Å²) in [5.74, 6) is -0.551. The second-order valence-electron chi connectivity index (χ2n) is 10.2. The summed E-state index contributed by atoms with van der Waals surface area (Å²) in [4.78, 5) is 30.9. The van der Waals surface area contributed by atoms with Crippen LogP contribution < -0.4 is 5.32 Å². The van der Waals surface area contributed by atoms with E-state index in [1.54, 1.807) is 36.1 Å². The van der Waals surface area contributed by atoms with Crippen molar-refractivity contribution in [3.63, 3.8) is 0 Å². The van der Waals surface area contributed by atoms with Gasteiger partial charge in [0.25, 0.3) is 5.91 Å². The maximum absolute atomic E-state index is 13.5. The fourth-order valence-electron chi connectivity index (χ4n) is 5.24. The number of carbonyl (C=O) groups excluding carboxylic acids is 2. The van der Waals surface area contributed by atoms with E-state index in [9.17, 15) is 14.0 Å². The summed E-state index contributed by atoms with van der Waals surface area (Å²) < 4.78 is 15.2. The lowest BCUT2D eigenvalue weighted by Crippen LogP contribution is -2.18. The summed E-state index contributed by atoms with van der Waals surface area (Å²) in [7, 11) is 1.57. The number of rotatable bonds is 7. The fraction of sp³-hybridized carbons (Fsp3) is 0.188. The second-order valence-corrected chi connectivity index (χ2v) is 10.2. The number of ketones is 1. The Morgan fingerprint density at radius 1 is 1.00 bits per heavy atom. The topological polar surface area (TPSA) is 76.4 Å². The maximum Gasteiger partial charge on any atom is 0.255 e. The summed E-state index contributed by atoms with van der Waals surface area (Å²) >= 11 is 0. The Morgan fingerprint density at radius 2 is 1.79 bits per heavy atom. The Bertz CT molecular complexity index is 1720. The van der Waals surface area contributed by atoms with Crippen LogP contribution in [0.4, 0.5) is 4.39 Å². The van der Waals surface area contributed by atoms with Crippen LogP contribution in [-0.4, -0.2) is 33.3 Å². The van der Waals surface area contributed by atoms with Crippen molar-refractivity contribution < 1.29 is 14.0 Å². The molecule has 2 aromatic carbocycles. The van der Waals surface area contributed by atoms with Gasteiger partial charge in [-0.15, -0.1) is 0 Å². The number of benzene rings is 2. The summed E-state index contributed by atoms with van der Waals surface area (Å²) in [5.41, 5.74) is 6.41. The molecule has 1 fully saturated rings. The van der Waals surface area contributed by atoms with Crippen molar-refractivity contribution in [1.29, 1.82) is 0 Å². The van der Waals surface area contributed by atoms with Gasteiger partial charge in [-0.05, 0) is 91.1 Å². The molecule has 0 unspecified atom stereocenters. The number of hydrogen-bond donors (Lipinski definition) is 1. The molecule has 0 aliphatic heterocycles. The third kappa shape index (κ3) is 4.50. The van der Waals surface area contributed by atoms with E-state index in [1.165, 1.54) is 12.1 Å². The summed E-state index contributed by atoms with van der Waals surface area (Å²) in [6.45, 7) is 2.00. The van der Waals surface area contributed by atoms with Gasteiger partial charge >= 0.3 is 0 Å². The minimum Gasteiger partial charge on any atom is -0.355 e. The van der Waals surface area contributed by atoms with E-state index < -0.39 is 0 Å². The molecule has 1 saturated carbocycles. The number of hydrogen-bond acceptors (Lipinski definition) is 4. The van der Waals surface area contributed by atoms with Crippen LogP contribution >= 0.6 is 0 Å². The smallest absolute Gasteiger partial charge is 0.255 e. The van der Waals surface area contributed by atoms with Crippen LogP contribution in [0.1, 0.15) is 51.2 Å². The number of aryl methyl sites for hydroxylation is 1. The monoisotopic (exact) mass is 518 g/mol. The van der Waals surface area contributed by atoms with Crippen LogP contribution in [0.3, 0.4) is 0 Å². The lowest BCUT2D eigenvalue weighted by molar-refractivity contribution is 0.0959.